The summed E-state index contributed by atoms with van der Waals surface area (Å²) in [6.07, 6.45) is 0.433. The average Bonchev–Trinajstić information content (AvgIpc) is 2.48. The normalized spacial score (nSPS) is 10.8. The Balaban J connectivity index is 2.26. The lowest BCUT2D eigenvalue weighted by Crippen LogP contribution is -2.09. The van der Waals surface area contributed by atoms with Crippen molar-refractivity contribution in [2.45, 2.75) is 27.2 Å². The lowest BCUT2D eigenvalue weighted by atomic mass is 10.2. The third-order valence-electron chi connectivity index (χ3n) is 3.05. The van der Waals surface area contributed by atoms with Gasteiger partial charge in [-0.05, 0) is 43.7 Å². The van der Waals surface area contributed by atoms with Crippen molar-refractivity contribution in [2.24, 2.45) is 10.2 Å². The molecule has 0 aromatic heterocycles. The second-order valence-electron chi connectivity index (χ2n) is 4.96. The van der Waals surface area contributed by atoms with Crippen LogP contribution < -0.4 is 5.32 Å². The number of azo groups is 1. The van der Waals surface area contributed by atoms with Gasteiger partial charge in [0.15, 0.2) is 0 Å². The van der Waals surface area contributed by atoms with Gasteiger partial charge in [-0.2, -0.15) is 5.11 Å². The molecular weight excluding hydrogens is 262 g/mol. The van der Waals surface area contributed by atoms with Crippen molar-refractivity contribution >= 4 is 23.0 Å². The Kier molecular flexibility index (Phi) is 4.82. The Morgan fingerprint density at radius 1 is 1.00 bits per heavy atom. The molecule has 0 aliphatic carbocycles. The standard InChI is InChI=1S/C17H19N3O/c1-4-17(21)18-16-11-13(3)7-10-15(16)20-19-14-8-5-12(2)6-9-14/h5-11H,4H2,1-3H3,(H,18,21). The number of carbonyl (C=O) groups is 1. The van der Waals surface area contributed by atoms with E-state index < -0.39 is 0 Å². The van der Waals surface area contributed by atoms with Crippen molar-refractivity contribution in [1.82, 2.24) is 0 Å². The minimum absolute atomic E-state index is 0.0348. The number of benzene rings is 2. The van der Waals surface area contributed by atoms with E-state index in [1.807, 2.05) is 63.2 Å². The van der Waals surface area contributed by atoms with E-state index in [4.69, 9.17) is 0 Å². The van der Waals surface area contributed by atoms with Crippen molar-refractivity contribution < 1.29 is 4.79 Å². The largest absolute Gasteiger partial charge is 0.324 e. The van der Waals surface area contributed by atoms with E-state index >= 15 is 0 Å². The second kappa shape index (κ2) is 6.79. The predicted molar refractivity (Wildman–Crippen MR) is 85.5 cm³/mol. The second-order valence-corrected chi connectivity index (χ2v) is 4.96. The first-order valence-corrected chi connectivity index (χ1v) is 6.97. The molecule has 2 aromatic rings. The number of hydrogen-bond donors (Lipinski definition) is 1. The summed E-state index contributed by atoms with van der Waals surface area (Å²) in [6.45, 7) is 5.82. The van der Waals surface area contributed by atoms with Crippen LogP contribution in [0.5, 0.6) is 0 Å². The molecule has 0 saturated carbocycles. The molecule has 0 spiro atoms. The van der Waals surface area contributed by atoms with E-state index in [2.05, 4.69) is 15.5 Å². The van der Waals surface area contributed by atoms with Crippen molar-refractivity contribution in [1.29, 1.82) is 0 Å². The molecule has 0 unspecified atom stereocenters. The van der Waals surface area contributed by atoms with Crippen LogP contribution in [0.3, 0.4) is 0 Å². The van der Waals surface area contributed by atoms with Gasteiger partial charge < -0.3 is 5.32 Å². The third kappa shape index (κ3) is 4.24. The van der Waals surface area contributed by atoms with Gasteiger partial charge in [-0.3, -0.25) is 4.79 Å². The van der Waals surface area contributed by atoms with Crippen molar-refractivity contribution in [3.05, 3.63) is 53.6 Å². The highest BCUT2D eigenvalue weighted by molar-refractivity contribution is 5.93. The highest BCUT2D eigenvalue weighted by atomic mass is 16.1. The van der Waals surface area contributed by atoms with Crippen LogP contribution in [0.4, 0.5) is 17.1 Å². The van der Waals surface area contributed by atoms with Gasteiger partial charge in [0.05, 0.1) is 11.4 Å². The van der Waals surface area contributed by atoms with E-state index in [1.165, 1.54) is 5.56 Å². The van der Waals surface area contributed by atoms with Crippen LogP contribution in [-0.4, -0.2) is 5.91 Å². The molecule has 4 heteroatoms. The smallest absolute Gasteiger partial charge is 0.224 e. The Hall–Kier alpha value is -2.49. The molecule has 0 aliphatic heterocycles. The van der Waals surface area contributed by atoms with E-state index in [9.17, 15) is 4.79 Å². The van der Waals surface area contributed by atoms with E-state index in [1.54, 1.807) is 0 Å². The zero-order chi connectivity index (χ0) is 15.2. The van der Waals surface area contributed by atoms with Crippen LogP contribution >= 0.6 is 0 Å². The van der Waals surface area contributed by atoms with Gasteiger partial charge in [0, 0.05) is 6.42 Å². The summed E-state index contributed by atoms with van der Waals surface area (Å²) in [7, 11) is 0. The van der Waals surface area contributed by atoms with E-state index in [0.29, 0.717) is 17.8 Å². The predicted octanol–water partition coefficient (Wildman–Crippen LogP) is 5.07. The minimum atomic E-state index is -0.0348. The number of nitrogens with zero attached hydrogens (tertiary/aromatic N) is 2. The molecule has 108 valence electrons. The molecule has 21 heavy (non-hydrogen) atoms. The Labute approximate surface area is 124 Å². The third-order valence-corrected chi connectivity index (χ3v) is 3.05. The summed E-state index contributed by atoms with van der Waals surface area (Å²) < 4.78 is 0. The number of anilines is 1. The zero-order valence-electron chi connectivity index (χ0n) is 12.6. The summed E-state index contributed by atoms with van der Waals surface area (Å²) in [5.74, 6) is -0.0348. The molecule has 1 N–H and O–H groups in total. The van der Waals surface area contributed by atoms with Crippen LogP contribution in [0.1, 0.15) is 24.5 Å². The molecule has 2 aromatic carbocycles. The number of nitrogens with one attached hydrogen (secondary N) is 1. The number of hydrogen-bond acceptors (Lipinski definition) is 3. The molecule has 1 amide bonds. The van der Waals surface area contributed by atoms with Crippen molar-refractivity contribution in [3.63, 3.8) is 0 Å². The molecule has 0 heterocycles. The van der Waals surface area contributed by atoms with Gasteiger partial charge in [0.25, 0.3) is 0 Å². The molecule has 0 fully saturated rings. The molecule has 4 nitrogen and oxygen atoms in total. The van der Waals surface area contributed by atoms with E-state index in [0.717, 1.165) is 11.3 Å². The van der Waals surface area contributed by atoms with Gasteiger partial charge in [0.1, 0.15) is 5.69 Å². The van der Waals surface area contributed by atoms with Crippen molar-refractivity contribution in [3.8, 4) is 0 Å². The van der Waals surface area contributed by atoms with Gasteiger partial charge in [0.2, 0.25) is 5.91 Å². The number of rotatable bonds is 4. The maximum Gasteiger partial charge on any atom is 0.224 e. The fraction of sp³-hybridized carbons (Fsp3) is 0.235. The van der Waals surface area contributed by atoms with Gasteiger partial charge in [-0.15, -0.1) is 5.11 Å². The highest BCUT2D eigenvalue weighted by Crippen LogP contribution is 2.28. The summed E-state index contributed by atoms with van der Waals surface area (Å²) >= 11 is 0. The first-order chi connectivity index (χ1) is 10.1. The molecule has 2 rings (SSSR count). The zero-order valence-corrected chi connectivity index (χ0v) is 12.6. The Morgan fingerprint density at radius 2 is 1.67 bits per heavy atom. The van der Waals surface area contributed by atoms with E-state index in [-0.39, 0.29) is 5.91 Å². The summed E-state index contributed by atoms with van der Waals surface area (Å²) in [5.41, 5.74) is 4.38. The summed E-state index contributed by atoms with van der Waals surface area (Å²) in [4.78, 5) is 11.6. The van der Waals surface area contributed by atoms with Crippen LogP contribution in [0.15, 0.2) is 52.7 Å². The summed E-state index contributed by atoms with van der Waals surface area (Å²) in [6, 6.07) is 13.5. The van der Waals surface area contributed by atoms with Gasteiger partial charge in [-0.1, -0.05) is 30.7 Å². The van der Waals surface area contributed by atoms with Gasteiger partial charge in [-0.25, -0.2) is 0 Å². The number of amides is 1. The fourth-order valence-electron chi connectivity index (χ4n) is 1.80. The number of carbonyl (C=O) groups excluding carboxylic acids is 1. The first kappa shape index (κ1) is 14.9. The average molecular weight is 281 g/mol. The van der Waals surface area contributed by atoms with Crippen LogP contribution in [0.25, 0.3) is 0 Å². The topological polar surface area (TPSA) is 53.8 Å². The minimum Gasteiger partial charge on any atom is -0.324 e. The SMILES string of the molecule is CCC(=O)Nc1cc(C)ccc1N=Nc1ccc(C)cc1. The fourth-order valence-corrected chi connectivity index (χ4v) is 1.80. The summed E-state index contributed by atoms with van der Waals surface area (Å²) in [5, 5.41) is 11.3. The lowest BCUT2D eigenvalue weighted by Gasteiger charge is -2.07. The molecule has 0 bridgehead atoms. The van der Waals surface area contributed by atoms with Gasteiger partial charge >= 0.3 is 0 Å². The number of aryl methyl sites for hydroxylation is 2. The van der Waals surface area contributed by atoms with Crippen molar-refractivity contribution in [2.75, 3.05) is 5.32 Å². The molecule has 0 atom stereocenters. The van der Waals surface area contributed by atoms with Crippen LogP contribution in [-0.2, 0) is 4.79 Å². The molecule has 0 aliphatic rings. The van der Waals surface area contributed by atoms with Crippen LogP contribution in [0, 0.1) is 13.8 Å². The monoisotopic (exact) mass is 281 g/mol. The maximum atomic E-state index is 11.6. The quantitative estimate of drug-likeness (QED) is 0.782. The maximum absolute atomic E-state index is 11.6. The molecular formula is C17H19N3O. The lowest BCUT2D eigenvalue weighted by molar-refractivity contribution is -0.115. The molecule has 0 radical (unpaired) electrons. The first-order valence-electron chi connectivity index (χ1n) is 6.97. The Morgan fingerprint density at radius 3 is 2.33 bits per heavy atom. The highest BCUT2D eigenvalue weighted by Gasteiger charge is 2.05. The van der Waals surface area contributed by atoms with Crippen LogP contribution in [0.2, 0.25) is 0 Å². The molecule has 0 saturated heterocycles. The Bertz CT molecular complexity index is 660.